The summed E-state index contributed by atoms with van der Waals surface area (Å²) in [4.78, 5) is 11.7. The van der Waals surface area contributed by atoms with Crippen molar-refractivity contribution in [3.63, 3.8) is 0 Å². The number of nitrogens with two attached hydrogens (primary N) is 1. The smallest absolute Gasteiger partial charge is 0.230 e. The van der Waals surface area contributed by atoms with Crippen molar-refractivity contribution < 1.29 is 14.3 Å². The minimum Gasteiger partial charge on any atom is -0.497 e. The first-order valence-corrected chi connectivity index (χ1v) is 8.84. The summed E-state index contributed by atoms with van der Waals surface area (Å²) in [5, 5.41) is 11.3. The Morgan fingerprint density at radius 2 is 2.12 bits per heavy atom. The van der Waals surface area contributed by atoms with Crippen molar-refractivity contribution in [2.24, 2.45) is 5.92 Å². The van der Waals surface area contributed by atoms with Gasteiger partial charge in [-0.1, -0.05) is 31.7 Å². The van der Waals surface area contributed by atoms with Crippen LogP contribution in [0.3, 0.4) is 0 Å². The van der Waals surface area contributed by atoms with Crippen molar-refractivity contribution in [3.05, 3.63) is 30.1 Å². The van der Waals surface area contributed by atoms with Crippen LogP contribution in [0.5, 0.6) is 11.5 Å². The number of nitrogens with zero attached hydrogens (tertiary/aromatic N) is 3. The van der Waals surface area contributed by atoms with Gasteiger partial charge in [-0.15, -0.1) is 10.2 Å². The van der Waals surface area contributed by atoms with Gasteiger partial charge in [0.2, 0.25) is 11.1 Å². The Balaban J connectivity index is 1.86. The number of nitrogen functional groups attached to an aromatic ring is 1. The molecule has 0 saturated heterocycles. The van der Waals surface area contributed by atoms with Crippen LogP contribution >= 0.6 is 11.8 Å². The summed E-state index contributed by atoms with van der Waals surface area (Å²) in [5.41, 5.74) is 0. The maximum Gasteiger partial charge on any atom is 0.230 e. The van der Waals surface area contributed by atoms with E-state index < -0.39 is 0 Å². The second-order valence-corrected chi connectivity index (χ2v) is 6.67. The third-order valence-electron chi connectivity index (χ3n) is 3.18. The Morgan fingerprint density at radius 1 is 1.36 bits per heavy atom. The van der Waals surface area contributed by atoms with Gasteiger partial charge in [-0.25, -0.2) is 4.68 Å². The molecule has 1 aromatic heterocycles. The molecule has 25 heavy (non-hydrogen) atoms. The largest absolute Gasteiger partial charge is 0.497 e. The number of aromatic nitrogens is 3. The Bertz CT molecular complexity index is 705. The fraction of sp³-hybridized carbons (Fsp3) is 0.438. The van der Waals surface area contributed by atoms with E-state index >= 15 is 0 Å². The highest BCUT2D eigenvalue weighted by Crippen LogP contribution is 2.20. The molecule has 9 heteroatoms. The lowest BCUT2D eigenvalue weighted by Gasteiger charge is -2.08. The zero-order chi connectivity index (χ0) is 18.2. The minimum absolute atomic E-state index is 0.0594. The topological polar surface area (TPSA) is 104 Å². The molecule has 2 aromatic rings. The lowest BCUT2D eigenvalue weighted by molar-refractivity contribution is -0.118. The first-order valence-electron chi connectivity index (χ1n) is 7.85. The predicted octanol–water partition coefficient (Wildman–Crippen LogP) is 1.44. The summed E-state index contributed by atoms with van der Waals surface area (Å²) in [7, 11) is 1.59. The van der Waals surface area contributed by atoms with Gasteiger partial charge in [0.15, 0.2) is 5.82 Å². The Morgan fingerprint density at radius 3 is 2.84 bits per heavy atom. The Labute approximate surface area is 151 Å². The summed E-state index contributed by atoms with van der Waals surface area (Å²) in [6.45, 7) is 4.89. The van der Waals surface area contributed by atoms with E-state index in [2.05, 4.69) is 15.5 Å². The number of hydrogen-bond donors (Lipinski definition) is 2. The third-order valence-corrected chi connectivity index (χ3v) is 4.13. The highest BCUT2D eigenvalue weighted by molar-refractivity contribution is 7.99. The summed E-state index contributed by atoms with van der Waals surface area (Å²) in [6, 6.07) is 7.25. The molecule has 3 N–H and O–H groups in total. The van der Waals surface area contributed by atoms with Crippen molar-refractivity contribution in [2.75, 3.05) is 25.3 Å². The Hall–Kier alpha value is -2.42. The van der Waals surface area contributed by atoms with Crippen molar-refractivity contribution in [3.8, 4) is 11.5 Å². The van der Waals surface area contributed by atoms with Crippen LogP contribution in [-0.4, -0.2) is 40.2 Å². The molecule has 8 nitrogen and oxygen atoms in total. The zero-order valence-electron chi connectivity index (χ0n) is 14.6. The van der Waals surface area contributed by atoms with E-state index in [0.29, 0.717) is 34.9 Å². The lowest BCUT2D eigenvalue weighted by Crippen LogP contribution is -2.29. The number of ether oxygens (including phenoxy) is 2. The molecule has 1 aromatic carbocycles. The molecular weight excluding hydrogens is 342 g/mol. The quantitative estimate of drug-likeness (QED) is 0.512. The van der Waals surface area contributed by atoms with Gasteiger partial charge in [0, 0.05) is 12.6 Å². The molecule has 0 aliphatic heterocycles. The van der Waals surface area contributed by atoms with Crippen molar-refractivity contribution >= 4 is 17.7 Å². The van der Waals surface area contributed by atoms with Crippen LogP contribution in [-0.2, 0) is 11.4 Å². The molecule has 0 saturated carbocycles. The second-order valence-electron chi connectivity index (χ2n) is 5.72. The first kappa shape index (κ1) is 18.9. The lowest BCUT2D eigenvalue weighted by atomic mass is 10.2. The monoisotopic (exact) mass is 365 g/mol. The van der Waals surface area contributed by atoms with E-state index in [9.17, 15) is 4.79 Å². The number of carbonyl (C=O) groups is 1. The number of benzene rings is 1. The SMILES string of the molecule is COc1cccc(OCc2nnc(SCC(=O)NCC(C)C)n2N)c1. The molecule has 0 spiro atoms. The van der Waals surface area contributed by atoms with E-state index in [0.717, 1.165) is 0 Å². The van der Waals surface area contributed by atoms with Gasteiger partial charge >= 0.3 is 0 Å². The summed E-state index contributed by atoms with van der Waals surface area (Å²) in [6.07, 6.45) is 0. The van der Waals surface area contributed by atoms with E-state index in [1.165, 1.54) is 16.4 Å². The fourth-order valence-corrected chi connectivity index (χ4v) is 2.55. The summed E-state index contributed by atoms with van der Waals surface area (Å²) >= 11 is 1.23. The maximum atomic E-state index is 11.7. The third kappa shape index (κ3) is 5.86. The van der Waals surface area contributed by atoms with Crippen LogP contribution in [0.1, 0.15) is 19.7 Å². The van der Waals surface area contributed by atoms with Crippen LogP contribution in [0.25, 0.3) is 0 Å². The molecule has 0 aliphatic carbocycles. The molecule has 0 aliphatic rings. The number of rotatable bonds is 9. The van der Waals surface area contributed by atoms with Crippen LogP contribution in [0.4, 0.5) is 0 Å². The number of methoxy groups -OCH3 is 1. The van der Waals surface area contributed by atoms with Crippen molar-refractivity contribution in [2.45, 2.75) is 25.6 Å². The molecule has 0 atom stereocenters. The fourth-order valence-electron chi connectivity index (χ4n) is 1.84. The van der Waals surface area contributed by atoms with Gasteiger partial charge in [0.05, 0.1) is 12.9 Å². The predicted molar refractivity (Wildman–Crippen MR) is 96.1 cm³/mol. The molecular formula is C16H23N5O3S. The Kier molecular flexibility index (Phi) is 6.93. The molecule has 0 bridgehead atoms. The van der Waals surface area contributed by atoms with Gasteiger partial charge in [-0.2, -0.15) is 0 Å². The number of hydrogen-bond acceptors (Lipinski definition) is 7. The van der Waals surface area contributed by atoms with Gasteiger partial charge in [-0.3, -0.25) is 4.79 Å². The highest BCUT2D eigenvalue weighted by Gasteiger charge is 2.13. The van der Waals surface area contributed by atoms with Crippen LogP contribution < -0.4 is 20.6 Å². The van der Waals surface area contributed by atoms with Gasteiger partial charge in [0.25, 0.3) is 0 Å². The molecule has 0 fully saturated rings. The van der Waals surface area contributed by atoms with Crippen molar-refractivity contribution in [1.82, 2.24) is 20.2 Å². The molecule has 1 amide bonds. The number of carbonyl (C=O) groups excluding carboxylic acids is 1. The van der Waals surface area contributed by atoms with E-state index in [-0.39, 0.29) is 18.3 Å². The average Bonchev–Trinajstić information content (AvgIpc) is 2.96. The number of nitrogens with one attached hydrogen (secondary N) is 1. The van der Waals surface area contributed by atoms with Crippen LogP contribution in [0.2, 0.25) is 0 Å². The second kappa shape index (κ2) is 9.16. The summed E-state index contributed by atoms with van der Waals surface area (Å²) < 4.78 is 12.1. The minimum atomic E-state index is -0.0594. The number of thioether (sulfide) groups is 1. The maximum absolute atomic E-state index is 11.7. The molecule has 0 radical (unpaired) electrons. The highest BCUT2D eigenvalue weighted by atomic mass is 32.2. The van der Waals surface area contributed by atoms with Gasteiger partial charge < -0.3 is 20.6 Å². The zero-order valence-corrected chi connectivity index (χ0v) is 15.4. The van der Waals surface area contributed by atoms with Crippen LogP contribution in [0.15, 0.2) is 29.4 Å². The molecule has 2 rings (SSSR count). The standard InChI is InChI=1S/C16H23N5O3S/c1-11(2)8-18-15(22)10-25-16-20-19-14(21(16)17)9-24-13-6-4-5-12(7-13)23-3/h4-7,11H,8-10,17H2,1-3H3,(H,18,22). The molecule has 136 valence electrons. The van der Waals surface area contributed by atoms with Gasteiger partial charge in [0.1, 0.15) is 18.1 Å². The number of amides is 1. The van der Waals surface area contributed by atoms with E-state index in [1.54, 1.807) is 13.2 Å². The normalized spacial score (nSPS) is 10.7. The van der Waals surface area contributed by atoms with E-state index in [4.69, 9.17) is 15.3 Å². The van der Waals surface area contributed by atoms with Gasteiger partial charge in [-0.05, 0) is 18.1 Å². The average molecular weight is 365 g/mol. The molecule has 1 heterocycles. The van der Waals surface area contributed by atoms with E-state index in [1.807, 2.05) is 32.0 Å². The summed E-state index contributed by atoms with van der Waals surface area (Å²) in [5.74, 6) is 8.36. The first-order chi connectivity index (χ1) is 12.0. The molecule has 0 unspecified atom stereocenters. The van der Waals surface area contributed by atoms with Crippen molar-refractivity contribution in [1.29, 1.82) is 0 Å². The van der Waals surface area contributed by atoms with Crippen LogP contribution in [0, 0.1) is 5.92 Å².